The van der Waals surface area contributed by atoms with Crippen molar-refractivity contribution in [1.82, 2.24) is 4.90 Å². The fourth-order valence-corrected chi connectivity index (χ4v) is 4.84. The number of carboxylic acid groups (broad SMARTS) is 1. The Hall–Kier alpha value is -3.37. The number of aromatic hydroxyl groups is 1. The number of nitrogens with zero attached hydrogens (tertiary/aromatic N) is 1. The summed E-state index contributed by atoms with van der Waals surface area (Å²) in [5.41, 5.74) is 1.73. The molecule has 1 aliphatic rings. The van der Waals surface area contributed by atoms with E-state index >= 15 is 0 Å². The van der Waals surface area contributed by atoms with Crippen molar-refractivity contribution in [3.8, 4) is 11.5 Å². The molecule has 0 saturated carbocycles. The Morgan fingerprint density at radius 2 is 1.70 bits per heavy atom. The van der Waals surface area contributed by atoms with E-state index in [9.17, 15) is 20.1 Å². The highest BCUT2D eigenvalue weighted by atomic mass is 16.5. The standard InChI is InChI=1S/C28H33NO8/c1-34-16-22(31)17-37-26-14-29(28(32)33)13-25(27(26)19-7-9-21(30)10-8-19)36-15-18-11-20-5-3-4-6-23(20)24(12-18)35-2/h3-12,22,25-27,30-31H,13-17H2,1-2H3,(H,32,33)/t22-,25+,26-,27-/m1/s1. The van der Waals surface area contributed by atoms with Gasteiger partial charge in [0.25, 0.3) is 0 Å². The summed E-state index contributed by atoms with van der Waals surface area (Å²) in [6.07, 6.45) is -3.06. The Morgan fingerprint density at radius 1 is 1.00 bits per heavy atom. The molecule has 9 heteroatoms. The molecule has 1 fully saturated rings. The molecular formula is C28H33NO8. The third kappa shape index (κ3) is 6.50. The first-order valence-corrected chi connectivity index (χ1v) is 12.1. The van der Waals surface area contributed by atoms with Crippen LogP contribution in [0.5, 0.6) is 11.5 Å². The molecule has 198 valence electrons. The van der Waals surface area contributed by atoms with Crippen LogP contribution >= 0.6 is 0 Å². The fraction of sp³-hybridized carbons (Fsp3) is 0.393. The van der Waals surface area contributed by atoms with Crippen molar-refractivity contribution in [2.75, 3.05) is 40.5 Å². The highest BCUT2D eigenvalue weighted by molar-refractivity contribution is 5.89. The molecule has 0 radical (unpaired) electrons. The maximum absolute atomic E-state index is 12.0. The highest BCUT2D eigenvalue weighted by Crippen LogP contribution is 2.35. The molecule has 0 spiro atoms. The maximum atomic E-state index is 12.0. The summed E-state index contributed by atoms with van der Waals surface area (Å²) in [5, 5.41) is 31.8. The van der Waals surface area contributed by atoms with Crippen LogP contribution in [0.1, 0.15) is 17.0 Å². The van der Waals surface area contributed by atoms with Crippen molar-refractivity contribution in [3.05, 3.63) is 71.8 Å². The van der Waals surface area contributed by atoms with Crippen molar-refractivity contribution < 1.29 is 39.1 Å². The lowest BCUT2D eigenvalue weighted by Gasteiger charge is -2.42. The largest absolute Gasteiger partial charge is 0.508 e. The van der Waals surface area contributed by atoms with Crippen molar-refractivity contribution in [2.24, 2.45) is 0 Å². The SMILES string of the molecule is COC[C@@H](O)CO[C@@H]1CN(C(=O)O)C[C@H](OCc2cc(OC)c3ccccc3c2)[C@H]1c1ccc(O)cc1. The first-order valence-electron chi connectivity index (χ1n) is 12.1. The molecule has 1 amide bonds. The van der Waals surface area contributed by atoms with Crippen LogP contribution in [0, 0.1) is 0 Å². The lowest BCUT2D eigenvalue weighted by molar-refractivity contribution is -0.107. The molecule has 37 heavy (non-hydrogen) atoms. The number of carbonyl (C=O) groups is 1. The van der Waals surface area contributed by atoms with E-state index in [0.29, 0.717) is 0 Å². The molecule has 3 aromatic rings. The lowest BCUT2D eigenvalue weighted by Crippen LogP contribution is -2.54. The number of fused-ring (bicyclic) bond motifs is 1. The molecule has 0 unspecified atom stereocenters. The minimum Gasteiger partial charge on any atom is -0.508 e. The van der Waals surface area contributed by atoms with Gasteiger partial charge in [0.05, 0.1) is 52.2 Å². The number of aliphatic hydroxyl groups is 1. The normalized spacial score (nSPS) is 20.6. The molecule has 0 aromatic heterocycles. The van der Waals surface area contributed by atoms with Crippen molar-refractivity contribution >= 4 is 16.9 Å². The van der Waals surface area contributed by atoms with Gasteiger partial charge in [-0.3, -0.25) is 0 Å². The van der Waals surface area contributed by atoms with Gasteiger partial charge in [0.2, 0.25) is 0 Å². The van der Waals surface area contributed by atoms with Gasteiger partial charge in [-0.2, -0.15) is 0 Å². The number of phenols is 1. The molecule has 9 nitrogen and oxygen atoms in total. The number of phenolic OH excluding ortho intramolecular Hbond substituents is 1. The number of likely N-dealkylation sites (tertiary alicyclic amines) is 1. The van der Waals surface area contributed by atoms with E-state index in [0.717, 1.165) is 27.6 Å². The number of rotatable bonds is 10. The average Bonchev–Trinajstić information content (AvgIpc) is 2.90. The molecule has 0 bridgehead atoms. The fourth-order valence-electron chi connectivity index (χ4n) is 4.84. The number of methoxy groups -OCH3 is 2. The number of benzene rings is 3. The Bertz CT molecular complexity index is 1180. The number of amides is 1. The van der Waals surface area contributed by atoms with Crippen LogP contribution in [-0.2, 0) is 20.8 Å². The zero-order chi connectivity index (χ0) is 26.4. The number of piperidine rings is 1. The molecule has 3 N–H and O–H groups in total. The lowest BCUT2D eigenvalue weighted by atomic mass is 9.84. The number of aliphatic hydroxyl groups excluding tert-OH is 1. The molecule has 3 aromatic carbocycles. The molecular weight excluding hydrogens is 478 g/mol. The van der Waals surface area contributed by atoms with Crippen LogP contribution in [0.4, 0.5) is 4.79 Å². The summed E-state index contributed by atoms with van der Waals surface area (Å²) in [6.45, 7) is 0.571. The third-order valence-corrected chi connectivity index (χ3v) is 6.58. The third-order valence-electron chi connectivity index (χ3n) is 6.58. The Kier molecular flexibility index (Phi) is 8.83. The van der Waals surface area contributed by atoms with Crippen LogP contribution in [0.2, 0.25) is 0 Å². The number of hydrogen-bond acceptors (Lipinski definition) is 7. The number of ether oxygens (including phenoxy) is 4. The highest BCUT2D eigenvalue weighted by Gasteiger charge is 2.41. The summed E-state index contributed by atoms with van der Waals surface area (Å²) >= 11 is 0. The van der Waals surface area contributed by atoms with Gasteiger partial charge in [0.1, 0.15) is 17.6 Å². The van der Waals surface area contributed by atoms with Crippen LogP contribution in [0.25, 0.3) is 10.8 Å². The second kappa shape index (κ2) is 12.2. The summed E-state index contributed by atoms with van der Waals surface area (Å²) in [6, 6.07) is 18.6. The summed E-state index contributed by atoms with van der Waals surface area (Å²) in [5.74, 6) is 0.518. The van der Waals surface area contributed by atoms with E-state index in [1.54, 1.807) is 31.4 Å². The number of hydrogen-bond donors (Lipinski definition) is 3. The second-order valence-corrected chi connectivity index (χ2v) is 9.15. The maximum Gasteiger partial charge on any atom is 0.407 e. The predicted octanol–water partition coefficient (Wildman–Crippen LogP) is 3.61. The van der Waals surface area contributed by atoms with Crippen molar-refractivity contribution in [1.29, 1.82) is 0 Å². The minimum absolute atomic E-state index is 0.0187. The topological polar surface area (TPSA) is 118 Å². The average molecular weight is 512 g/mol. The van der Waals surface area contributed by atoms with Gasteiger partial charge in [-0.25, -0.2) is 4.79 Å². The molecule has 1 saturated heterocycles. The quantitative estimate of drug-likeness (QED) is 0.378. The van der Waals surface area contributed by atoms with Gasteiger partial charge in [0.15, 0.2) is 0 Å². The van der Waals surface area contributed by atoms with Crippen molar-refractivity contribution in [2.45, 2.75) is 30.8 Å². The summed E-state index contributed by atoms with van der Waals surface area (Å²) in [4.78, 5) is 13.2. The molecule has 0 aliphatic carbocycles. The van der Waals surface area contributed by atoms with Gasteiger partial charge in [0, 0.05) is 18.4 Å². The van der Waals surface area contributed by atoms with Gasteiger partial charge in [-0.1, -0.05) is 36.4 Å². The monoisotopic (exact) mass is 511 g/mol. The first kappa shape index (κ1) is 26.7. The first-order chi connectivity index (χ1) is 17.9. The van der Waals surface area contributed by atoms with Gasteiger partial charge >= 0.3 is 6.09 Å². The van der Waals surface area contributed by atoms with Gasteiger partial charge in [-0.05, 0) is 40.8 Å². The van der Waals surface area contributed by atoms with Crippen LogP contribution in [0.3, 0.4) is 0 Å². The molecule has 1 aliphatic heterocycles. The summed E-state index contributed by atoms with van der Waals surface area (Å²) in [7, 11) is 3.11. The molecule has 4 rings (SSSR count). The second-order valence-electron chi connectivity index (χ2n) is 9.15. The minimum atomic E-state index is -1.07. The van der Waals surface area contributed by atoms with E-state index in [-0.39, 0.29) is 44.6 Å². The van der Waals surface area contributed by atoms with E-state index < -0.39 is 24.4 Å². The zero-order valence-electron chi connectivity index (χ0n) is 20.9. The van der Waals surface area contributed by atoms with E-state index in [1.165, 1.54) is 12.0 Å². The predicted molar refractivity (Wildman–Crippen MR) is 137 cm³/mol. The van der Waals surface area contributed by atoms with Crippen molar-refractivity contribution in [3.63, 3.8) is 0 Å². The summed E-state index contributed by atoms with van der Waals surface area (Å²) < 4.78 is 23.0. The Morgan fingerprint density at radius 3 is 2.38 bits per heavy atom. The van der Waals surface area contributed by atoms with E-state index in [4.69, 9.17) is 18.9 Å². The smallest absolute Gasteiger partial charge is 0.407 e. The molecule has 4 atom stereocenters. The van der Waals surface area contributed by atoms with Crippen LogP contribution in [0.15, 0.2) is 60.7 Å². The Labute approximate surface area is 215 Å². The Balaban J connectivity index is 1.62. The van der Waals surface area contributed by atoms with Gasteiger partial charge < -0.3 is 39.2 Å². The zero-order valence-corrected chi connectivity index (χ0v) is 20.9. The van der Waals surface area contributed by atoms with Crippen LogP contribution in [-0.4, -0.2) is 85.1 Å². The van der Waals surface area contributed by atoms with Crippen LogP contribution < -0.4 is 4.74 Å². The van der Waals surface area contributed by atoms with E-state index in [2.05, 4.69) is 0 Å². The molecule has 1 heterocycles. The van der Waals surface area contributed by atoms with E-state index in [1.807, 2.05) is 36.4 Å². The van der Waals surface area contributed by atoms with Gasteiger partial charge in [-0.15, -0.1) is 0 Å².